The Bertz CT molecular complexity index is 703. The maximum Gasteiger partial charge on any atom is 0.271 e. The summed E-state index contributed by atoms with van der Waals surface area (Å²) in [5.74, 6) is -0.267. The number of pyridine rings is 1. The summed E-state index contributed by atoms with van der Waals surface area (Å²) in [6, 6.07) is 11.6. The Hall–Kier alpha value is -1.58. The molecular formula is C17H16Cl2N2O. The topological polar surface area (TPSA) is 42.0 Å². The highest BCUT2D eigenvalue weighted by Crippen LogP contribution is 2.22. The van der Waals surface area contributed by atoms with Crippen LogP contribution >= 0.6 is 23.2 Å². The summed E-state index contributed by atoms with van der Waals surface area (Å²) in [6.45, 7) is 0. The molecule has 3 rings (SSSR count). The molecule has 1 atom stereocenters. The third-order valence-electron chi connectivity index (χ3n) is 3.95. The molecule has 1 aromatic carbocycles. The second kappa shape index (κ2) is 6.67. The predicted molar refractivity (Wildman–Crippen MR) is 88.6 cm³/mol. The van der Waals surface area contributed by atoms with Crippen LogP contribution in [-0.2, 0) is 12.8 Å². The molecule has 1 heterocycles. The minimum atomic E-state index is -0.267. The van der Waals surface area contributed by atoms with E-state index in [2.05, 4.69) is 28.5 Å². The van der Waals surface area contributed by atoms with E-state index in [9.17, 15) is 4.79 Å². The second-order valence-corrected chi connectivity index (χ2v) is 6.29. The number of amides is 1. The molecule has 0 bridgehead atoms. The minimum Gasteiger partial charge on any atom is -0.348 e. The molecule has 0 saturated carbocycles. The quantitative estimate of drug-likeness (QED) is 0.664. The fraction of sp³-hybridized carbons (Fsp3) is 0.294. The first-order chi connectivity index (χ1) is 10.6. The van der Waals surface area contributed by atoms with E-state index >= 15 is 0 Å². The Balaban J connectivity index is 1.76. The van der Waals surface area contributed by atoms with Gasteiger partial charge in [-0.25, -0.2) is 4.98 Å². The van der Waals surface area contributed by atoms with Crippen molar-refractivity contribution in [3.8, 4) is 0 Å². The van der Waals surface area contributed by atoms with Crippen LogP contribution in [0.2, 0.25) is 10.2 Å². The number of rotatable bonds is 2. The van der Waals surface area contributed by atoms with Gasteiger partial charge in [0.15, 0.2) is 0 Å². The fourth-order valence-electron chi connectivity index (χ4n) is 2.86. The summed E-state index contributed by atoms with van der Waals surface area (Å²) in [4.78, 5) is 16.4. The first-order valence-electron chi connectivity index (χ1n) is 7.33. The lowest BCUT2D eigenvalue weighted by atomic mass is 10.0. The summed E-state index contributed by atoms with van der Waals surface area (Å²) in [5, 5.41) is 3.62. The van der Waals surface area contributed by atoms with E-state index in [4.69, 9.17) is 23.2 Å². The highest BCUT2D eigenvalue weighted by atomic mass is 35.5. The molecule has 0 saturated heterocycles. The molecule has 2 aromatic rings. The van der Waals surface area contributed by atoms with E-state index in [1.807, 2.05) is 6.07 Å². The summed E-state index contributed by atoms with van der Waals surface area (Å²) in [6.07, 6.45) is 3.89. The van der Waals surface area contributed by atoms with Crippen LogP contribution in [0.5, 0.6) is 0 Å². The van der Waals surface area contributed by atoms with Gasteiger partial charge in [-0.15, -0.1) is 0 Å². The summed E-state index contributed by atoms with van der Waals surface area (Å²) >= 11 is 11.9. The number of nitrogens with one attached hydrogen (secondary N) is 1. The fourth-order valence-corrected chi connectivity index (χ4v) is 3.20. The Morgan fingerprint density at radius 1 is 1.14 bits per heavy atom. The van der Waals surface area contributed by atoms with E-state index in [-0.39, 0.29) is 22.8 Å². The number of aryl methyl sites for hydroxylation is 1. The van der Waals surface area contributed by atoms with Gasteiger partial charge in [0.05, 0.1) is 5.02 Å². The third-order valence-corrected chi connectivity index (χ3v) is 4.46. The molecule has 1 N–H and O–H groups in total. The monoisotopic (exact) mass is 334 g/mol. The minimum absolute atomic E-state index is 0.0907. The Kier molecular flexibility index (Phi) is 4.65. The molecule has 1 unspecified atom stereocenters. The normalized spacial score (nSPS) is 17.5. The van der Waals surface area contributed by atoms with Gasteiger partial charge in [-0.1, -0.05) is 47.5 Å². The molecule has 114 valence electrons. The van der Waals surface area contributed by atoms with Crippen molar-refractivity contribution in [2.75, 3.05) is 0 Å². The van der Waals surface area contributed by atoms with Gasteiger partial charge in [-0.05, 0) is 48.9 Å². The van der Waals surface area contributed by atoms with Gasteiger partial charge in [0, 0.05) is 6.04 Å². The predicted octanol–water partition coefficient (Wildman–Crippen LogP) is 4.07. The lowest BCUT2D eigenvalue weighted by Gasteiger charge is -2.17. The zero-order valence-electron chi connectivity index (χ0n) is 12.0. The van der Waals surface area contributed by atoms with Gasteiger partial charge >= 0.3 is 0 Å². The summed E-state index contributed by atoms with van der Waals surface area (Å²) in [5.41, 5.74) is 2.86. The first kappa shape index (κ1) is 15.3. The smallest absolute Gasteiger partial charge is 0.271 e. The molecule has 1 aliphatic carbocycles. The standard InChI is InChI=1S/C17H16Cl2N2O/c18-14-8-9-15(19)21-16(14)17(22)20-13-7-3-6-11-4-1-2-5-12(11)10-13/h1-2,4-5,8-9,13H,3,6-7,10H2,(H,20,22). The van der Waals surface area contributed by atoms with Crippen molar-refractivity contribution in [2.24, 2.45) is 0 Å². The Labute approximate surface area is 139 Å². The van der Waals surface area contributed by atoms with Crippen molar-refractivity contribution in [2.45, 2.75) is 31.7 Å². The molecular weight excluding hydrogens is 319 g/mol. The van der Waals surface area contributed by atoms with Crippen LogP contribution < -0.4 is 5.32 Å². The van der Waals surface area contributed by atoms with Crippen LogP contribution in [0.4, 0.5) is 0 Å². The maximum absolute atomic E-state index is 12.4. The number of benzene rings is 1. The SMILES string of the molecule is O=C(NC1CCCc2ccccc2C1)c1nc(Cl)ccc1Cl. The van der Waals surface area contributed by atoms with Crippen molar-refractivity contribution in [1.82, 2.24) is 10.3 Å². The number of nitrogens with zero attached hydrogens (tertiary/aromatic N) is 1. The number of hydrogen-bond acceptors (Lipinski definition) is 2. The molecule has 0 aliphatic heterocycles. The van der Waals surface area contributed by atoms with Gasteiger partial charge in [0.25, 0.3) is 5.91 Å². The van der Waals surface area contributed by atoms with Crippen molar-refractivity contribution < 1.29 is 4.79 Å². The lowest BCUT2D eigenvalue weighted by Crippen LogP contribution is -2.36. The van der Waals surface area contributed by atoms with E-state index in [0.29, 0.717) is 5.02 Å². The molecule has 1 aromatic heterocycles. The van der Waals surface area contributed by atoms with Gasteiger partial charge in [0.1, 0.15) is 10.8 Å². The highest BCUT2D eigenvalue weighted by molar-refractivity contribution is 6.34. The van der Waals surface area contributed by atoms with E-state index in [1.54, 1.807) is 12.1 Å². The molecule has 3 nitrogen and oxygen atoms in total. The van der Waals surface area contributed by atoms with Gasteiger partial charge in [-0.2, -0.15) is 0 Å². The van der Waals surface area contributed by atoms with Crippen molar-refractivity contribution in [3.63, 3.8) is 0 Å². The van der Waals surface area contributed by atoms with Gasteiger partial charge in [0.2, 0.25) is 0 Å². The number of carbonyl (C=O) groups is 1. The lowest BCUT2D eigenvalue weighted by molar-refractivity contribution is 0.0930. The molecule has 0 radical (unpaired) electrons. The Morgan fingerprint density at radius 3 is 2.73 bits per heavy atom. The van der Waals surface area contributed by atoms with Crippen LogP contribution in [-0.4, -0.2) is 16.9 Å². The zero-order chi connectivity index (χ0) is 15.5. The van der Waals surface area contributed by atoms with Crippen LogP contribution in [0.1, 0.15) is 34.5 Å². The van der Waals surface area contributed by atoms with Crippen LogP contribution in [0.15, 0.2) is 36.4 Å². The summed E-state index contributed by atoms with van der Waals surface area (Å²) in [7, 11) is 0. The van der Waals surface area contributed by atoms with Crippen molar-refractivity contribution in [3.05, 3.63) is 63.4 Å². The third kappa shape index (κ3) is 3.42. The largest absolute Gasteiger partial charge is 0.348 e. The van der Waals surface area contributed by atoms with Crippen LogP contribution in [0.3, 0.4) is 0 Å². The highest BCUT2D eigenvalue weighted by Gasteiger charge is 2.21. The van der Waals surface area contributed by atoms with E-state index < -0.39 is 0 Å². The maximum atomic E-state index is 12.4. The number of carbonyl (C=O) groups excluding carboxylic acids is 1. The molecule has 1 aliphatic rings. The Morgan fingerprint density at radius 2 is 1.91 bits per heavy atom. The molecule has 1 amide bonds. The summed E-state index contributed by atoms with van der Waals surface area (Å²) < 4.78 is 0. The number of halogens is 2. The van der Waals surface area contributed by atoms with Crippen LogP contribution in [0, 0.1) is 0 Å². The second-order valence-electron chi connectivity index (χ2n) is 5.50. The van der Waals surface area contributed by atoms with Gasteiger partial charge in [-0.3, -0.25) is 4.79 Å². The molecule has 0 spiro atoms. The van der Waals surface area contributed by atoms with E-state index in [1.165, 1.54) is 11.1 Å². The van der Waals surface area contributed by atoms with Gasteiger partial charge < -0.3 is 5.32 Å². The first-order valence-corrected chi connectivity index (χ1v) is 8.09. The zero-order valence-corrected chi connectivity index (χ0v) is 13.5. The van der Waals surface area contributed by atoms with E-state index in [0.717, 1.165) is 25.7 Å². The number of aromatic nitrogens is 1. The van der Waals surface area contributed by atoms with Crippen molar-refractivity contribution in [1.29, 1.82) is 0 Å². The molecule has 22 heavy (non-hydrogen) atoms. The average Bonchev–Trinajstić information content (AvgIpc) is 2.71. The number of hydrogen-bond donors (Lipinski definition) is 1. The molecule has 5 heteroatoms. The van der Waals surface area contributed by atoms with Crippen molar-refractivity contribution >= 4 is 29.1 Å². The van der Waals surface area contributed by atoms with Crippen LogP contribution in [0.25, 0.3) is 0 Å². The average molecular weight is 335 g/mol. The molecule has 0 fully saturated rings. The number of fused-ring (bicyclic) bond motifs is 1.